The summed E-state index contributed by atoms with van der Waals surface area (Å²) in [7, 11) is 0. The molecule has 84 valence electrons. The van der Waals surface area contributed by atoms with E-state index < -0.39 is 0 Å². The van der Waals surface area contributed by atoms with Crippen LogP contribution in [0.15, 0.2) is 24.3 Å². The highest BCUT2D eigenvalue weighted by atomic mass is 32.1. The molecule has 0 aliphatic heterocycles. The molecule has 0 radical (unpaired) electrons. The van der Waals surface area contributed by atoms with E-state index in [0.717, 1.165) is 23.1 Å². The lowest BCUT2D eigenvalue weighted by Gasteiger charge is -1.99. The van der Waals surface area contributed by atoms with E-state index in [2.05, 4.69) is 41.5 Å². The Bertz CT molecular complexity index is 465. The lowest BCUT2D eigenvalue weighted by atomic mass is 10.1. The summed E-state index contributed by atoms with van der Waals surface area (Å²) in [4.78, 5) is 0. The predicted octanol–water partition coefficient (Wildman–Crippen LogP) is 2.62. The fourth-order valence-corrected chi connectivity index (χ4v) is 2.38. The van der Waals surface area contributed by atoms with Crippen molar-refractivity contribution in [2.24, 2.45) is 0 Å². The van der Waals surface area contributed by atoms with Crippen LogP contribution in [0.2, 0.25) is 0 Å². The van der Waals surface area contributed by atoms with Crippen LogP contribution < -0.4 is 5.32 Å². The van der Waals surface area contributed by atoms with Crippen molar-refractivity contribution in [1.82, 2.24) is 15.5 Å². The predicted molar refractivity (Wildman–Crippen MR) is 67.5 cm³/mol. The first-order valence-electron chi connectivity index (χ1n) is 5.40. The van der Waals surface area contributed by atoms with E-state index in [-0.39, 0.29) is 0 Å². The molecule has 0 aliphatic rings. The third kappa shape index (κ3) is 2.46. The molecule has 0 unspecified atom stereocenters. The summed E-state index contributed by atoms with van der Waals surface area (Å²) < 4.78 is 0. The van der Waals surface area contributed by atoms with Gasteiger partial charge in [0.05, 0.1) is 0 Å². The van der Waals surface area contributed by atoms with Gasteiger partial charge in [0.25, 0.3) is 0 Å². The Morgan fingerprint density at radius 3 is 2.81 bits per heavy atom. The molecule has 0 atom stereocenters. The maximum atomic E-state index is 4.23. The number of hydrogen-bond acceptors (Lipinski definition) is 4. The van der Waals surface area contributed by atoms with E-state index in [1.54, 1.807) is 11.3 Å². The number of rotatable bonds is 4. The zero-order chi connectivity index (χ0) is 11.4. The molecule has 2 aromatic rings. The Morgan fingerprint density at radius 1 is 1.25 bits per heavy atom. The normalized spacial score (nSPS) is 10.6. The molecule has 4 heteroatoms. The lowest BCUT2D eigenvalue weighted by molar-refractivity contribution is 0.715. The highest BCUT2D eigenvalue weighted by Crippen LogP contribution is 2.26. The molecule has 1 heterocycles. The minimum absolute atomic E-state index is 0.806. The van der Waals surface area contributed by atoms with E-state index in [1.165, 1.54) is 11.1 Å². The minimum atomic E-state index is 0.806. The monoisotopic (exact) mass is 233 g/mol. The Morgan fingerprint density at radius 2 is 2.06 bits per heavy atom. The third-order valence-electron chi connectivity index (χ3n) is 2.37. The highest BCUT2D eigenvalue weighted by Gasteiger charge is 2.07. The van der Waals surface area contributed by atoms with Crippen molar-refractivity contribution >= 4 is 11.3 Å². The Balaban J connectivity index is 2.22. The summed E-state index contributed by atoms with van der Waals surface area (Å²) in [6.45, 7) is 5.95. The van der Waals surface area contributed by atoms with Crippen LogP contribution in [-0.4, -0.2) is 16.7 Å². The van der Waals surface area contributed by atoms with Crippen LogP contribution in [0.1, 0.15) is 17.5 Å². The van der Waals surface area contributed by atoms with Gasteiger partial charge >= 0.3 is 0 Å². The first-order chi connectivity index (χ1) is 7.81. The number of aromatic nitrogens is 2. The smallest absolute Gasteiger partial charge is 0.148 e. The largest absolute Gasteiger partial charge is 0.311 e. The van der Waals surface area contributed by atoms with Gasteiger partial charge in [-0.05, 0) is 19.0 Å². The van der Waals surface area contributed by atoms with Crippen molar-refractivity contribution < 1.29 is 0 Å². The van der Waals surface area contributed by atoms with Crippen LogP contribution in [0.4, 0.5) is 0 Å². The highest BCUT2D eigenvalue weighted by molar-refractivity contribution is 7.14. The molecule has 0 bridgehead atoms. The van der Waals surface area contributed by atoms with Crippen LogP contribution >= 0.6 is 11.3 Å². The second-order valence-electron chi connectivity index (χ2n) is 3.60. The van der Waals surface area contributed by atoms with Crippen molar-refractivity contribution in [1.29, 1.82) is 0 Å². The van der Waals surface area contributed by atoms with Crippen LogP contribution in [0.3, 0.4) is 0 Å². The minimum Gasteiger partial charge on any atom is -0.311 e. The average Bonchev–Trinajstić information content (AvgIpc) is 2.75. The second-order valence-corrected chi connectivity index (χ2v) is 4.66. The van der Waals surface area contributed by atoms with Crippen molar-refractivity contribution in [3.63, 3.8) is 0 Å². The molecule has 16 heavy (non-hydrogen) atoms. The number of benzene rings is 1. The fraction of sp³-hybridized carbons (Fsp3) is 0.333. The summed E-state index contributed by atoms with van der Waals surface area (Å²) in [5, 5.41) is 13.7. The van der Waals surface area contributed by atoms with Crippen molar-refractivity contribution in [3.8, 4) is 10.6 Å². The van der Waals surface area contributed by atoms with E-state index in [4.69, 9.17) is 0 Å². The third-order valence-corrected chi connectivity index (χ3v) is 3.33. The van der Waals surface area contributed by atoms with Crippen LogP contribution in [0.5, 0.6) is 0 Å². The molecule has 3 nitrogen and oxygen atoms in total. The molecule has 1 aromatic heterocycles. The molecule has 2 rings (SSSR count). The zero-order valence-corrected chi connectivity index (χ0v) is 10.3. The van der Waals surface area contributed by atoms with Crippen molar-refractivity contribution in [3.05, 3.63) is 34.8 Å². The molecule has 0 aliphatic carbocycles. The van der Waals surface area contributed by atoms with E-state index in [1.807, 2.05) is 12.1 Å². The quantitative estimate of drug-likeness (QED) is 0.882. The summed E-state index contributed by atoms with van der Waals surface area (Å²) in [5.41, 5.74) is 2.43. The van der Waals surface area contributed by atoms with E-state index >= 15 is 0 Å². The molecule has 0 saturated heterocycles. The average molecular weight is 233 g/mol. The SMILES string of the molecule is CCNCc1nnc(-c2ccccc2C)s1. The van der Waals surface area contributed by atoms with Gasteiger partial charge in [0.2, 0.25) is 0 Å². The summed E-state index contributed by atoms with van der Waals surface area (Å²) >= 11 is 1.66. The second kappa shape index (κ2) is 5.18. The topological polar surface area (TPSA) is 37.8 Å². The molecule has 0 fully saturated rings. The van der Waals surface area contributed by atoms with Gasteiger partial charge < -0.3 is 5.32 Å². The molecular formula is C12H15N3S. The molecule has 0 saturated carbocycles. The van der Waals surface area contributed by atoms with Gasteiger partial charge in [-0.3, -0.25) is 0 Å². The maximum absolute atomic E-state index is 4.23. The van der Waals surface area contributed by atoms with Crippen LogP contribution in [0, 0.1) is 6.92 Å². The maximum Gasteiger partial charge on any atom is 0.148 e. The molecule has 1 N–H and O–H groups in total. The zero-order valence-electron chi connectivity index (χ0n) is 9.53. The molecule has 0 spiro atoms. The first kappa shape index (κ1) is 11.2. The van der Waals surface area contributed by atoms with Gasteiger partial charge in [0.15, 0.2) is 0 Å². The van der Waals surface area contributed by atoms with Gasteiger partial charge in [-0.25, -0.2) is 0 Å². The Labute approximate surface area is 99.5 Å². The molecular weight excluding hydrogens is 218 g/mol. The van der Waals surface area contributed by atoms with Gasteiger partial charge in [-0.1, -0.05) is 42.5 Å². The summed E-state index contributed by atoms with van der Waals surface area (Å²) in [5.74, 6) is 0. The molecule has 0 amide bonds. The number of nitrogens with zero attached hydrogens (tertiary/aromatic N) is 2. The number of nitrogens with one attached hydrogen (secondary N) is 1. The lowest BCUT2D eigenvalue weighted by Crippen LogP contribution is -2.11. The van der Waals surface area contributed by atoms with Gasteiger partial charge in [-0.2, -0.15) is 0 Å². The van der Waals surface area contributed by atoms with Crippen LogP contribution in [-0.2, 0) is 6.54 Å². The van der Waals surface area contributed by atoms with Crippen LogP contribution in [0.25, 0.3) is 10.6 Å². The summed E-state index contributed by atoms with van der Waals surface area (Å²) in [6.07, 6.45) is 0. The van der Waals surface area contributed by atoms with Gasteiger partial charge in [0, 0.05) is 12.1 Å². The molecule has 1 aromatic carbocycles. The van der Waals surface area contributed by atoms with Crippen molar-refractivity contribution in [2.45, 2.75) is 20.4 Å². The standard InChI is InChI=1S/C12H15N3S/c1-3-13-8-11-14-15-12(16-11)10-7-5-4-6-9(10)2/h4-7,13H,3,8H2,1-2H3. The van der Waals surface area contributed by atoms with E-state index in [9.17, 15) is 0 Å². The Kier molecular flexibility index (Phi) is 3.64. The Hall–Kier alpha value is -1.26. The van der Waals surface area contributed by atoms with Crippen molar-refractivity contribution in [2.75, 3.05) is 6.54 Å². The van der Waals surface area contributed by atoms with Gasteiger partial charge in [-0.15, -0.1) is 10.2 Å². The fourth-order valence-electron chi connectivity index (χ4n) is 1.48. The van der Waals surface area contributed by atoms with E-state index in [0.29, 0.717) is 0 Å². The van der Waals surface area contributed by atoms with Gasteiger partial charge in [0.1, 0.15) is 10.0 Å². The number of hydrogen-bond donors (Lipinski definition) is 1. The first-order valence-corrected chi connectivity index (χ1v) is 6.22. The summed E-state index contributed by atoms with van der Waals surface area (Å²) in [6, 6.07) is 8.26. The number of aryl methyl sites for hydroxylation is 1.